The van der Waals surface area contributed by atoms with Crippen LogP contribution in [0.1, 0.15) is 41.1 Å². The lowest BCUT2D eigenvalue weighted by Gasteiger charge is -2.35. The Morgan fingerprint density at radius 2 is 2.15 bits per heavy atom. The summed E-state index contributed by atoms with van der Waals surface area (Å²) in [7, 11) is 0. The molecular weight excluding hydrogens is 350 g/mol. The standard InChI is InChI=1S/C18H25N5O2S/c1-3-25-13(2)18-21-14(12-26-18)11-22-6-8-23(9-7-22)15-4-5-20-16(10-15)17(19)24/h4-5,10,12-13H,3,6-9,11H2,1-2H3,(H2,19,24). The van der Waals surface area contributed by atoms with Crippen molar-refractivity contribution < 1.29 is 9.53 Å². The van der Waals surface area contributed by atoms with E-state index in [0.29, 0.717) is 12.3 Å². The number of hydrogen-bond donors (Lipinski definition) is 1. The molecule has 3 heterocycles. The van der Waals surface area contributed by atoms with E-state index >= 15 is 0 Å². The van der Waals surface area contributed by atoms with Gasteiger partial charge in [-0.15, -0.1) is 11.3 Å². The summed E-state index contributed by atoms with van der Waals surface area (Å²) in [6.07, 6.45) is 1.69. The number of amides is 1. The zero-order chi connectivity index (χ0) is 18.5. The predicted octanol–water partition coefficient (Wildman–Crippen LogP) is 2.06. The molecule has 7 nitrogen and oxygen atoms in total. The first-order valence-corrected chi connectivity index (χ1v) is 9.74. The van der Waals surface area contributed by atoms with Gasteiger partial charge in [-0.25, -0.2) is 4.98 Å². The maximum atomic E-state index is 11.3. The van der Waals surface area contributed by atoms with Crippen LogP contribution >= 0.6 is 11.3 Å². The van der Waals surface area contributed by atoms with Gasteiger partial charge in [-0.05, 0) is 26.0 Å². The average molecular weight is 375 g/mol. The molecule has 2 aromatic rings. The van der Waals surface area contributed by atoms with Gasteiger partial charge in [-0.3, -0.25) is 14.7 Å². The molecule has 1 aliphatic heterocycles. The van der Waals surface area contributed by atoms with Crippen molar-refractivity contribution in [2.75, 3.05) is 37.7 Å². The molecule has 2 aromatic heterocycles. The lowest BCUT2D eigenvalue weighted by Crippen LogP contribution is -2.46. The van der Waals surface area contributed by atoms with E-state index in [9.17, 15) is 4.79 Å². The van der Waals surface area contributed by atoms with Crippen LogP contribution in [0.25, 0.3) is 0 Å². The number of hydrogen-bond acceptors (Lipinski definition) is 7. The van der Waals surface area contributed by atoms with Crippen molar-refractivity contribution in [3.8, 4) is 0 Å². The number of pyridine rings is 1. The molecule has 0 aromatic carbocycles. The van der Waals surface area contributed by atoms with Crippen molar-refractivity contribution >= 4 is 22.9 Å². The highest BCUT2D eigenvalue weighted by molar-refractivity contribution is 7.09. The summed E-state index contributed by atoms with van der Waals surface area (Å²) in [5.74, 6) is -0.494. The third-order valence-electron chi connectivity index (χ3n) is 4.45. The highest BCUT2D eigenvalue weighted by atomic mass is 32.1. The Morgan fingerprint density at radius 1 is 1.38 bits per heavy atom. The molecule has 1 unspecified atom stereocenters. The van der Waals surface area contributed by atoms with E-state index in [2.05, 4.69) is 20.2 Å². The van der Waals surface area contributed by atoms with Crippen LogP contribution < -0.4 is 10.6 Å². The highest BCUT2D eigenvalue weighted by Gasteiger charge is 2.19. The van der Waals surface area contributed by atoms with Gasteiger partial charge in [-0.1, -0.05) is 0 Å². The third kappa shape index (κ3) is 4.57. The maximum Gasteiger partial charge on any atom is 0.267 e. The molecule has 0 radical (unpaired) electrons. The number of primary amides is 1. The van der Waals surface area contributed by atoms with Gasteiger partial charge in [0.2, 0.25) is 0 Å². The molecule has 1 amide bonds. The van der Waals surface area contributed by atoms with E-state index in [4.69, 9.17) is 15.5 Å². The number of thiazole rings is 1. The predicted molar refractivity (Wildman–Crippen MR) is 102 cm³/mol. The molecule has 0 aliphatic carbocycles. The molecular formula is C18H25N5O2S. The van der Waals surface area contributed by atoms with Crippen molar-refractivity contribution in [2.45, 2.75) is 26.5 Å². The molecule has 1 atom stereocenters. The fraction of sp³-hybridized carbons (Fsp3) is 0.500. The number of carbonyl (C=O) groups excluding carboxylic acids is 1. The van der Waals surface area contributed by atoms with Crippen LogP contribution in [0.15, 0.2) is 23.7 Å². The molecule has 26 heavy (non-hydrogen) atoms. The average Bonchev–Trinajstić information content (AvgIpc) is 3.11. The van der Waals surface area contributed by atoms with Crippen LogP contribution in [-0.4, -0.2) is 53.6 Å². The van der Waals surface area contributed by atoms with Crippen molar-refractivity contribution in [1.82, 2.24) is 14.9 Å². The summed E-state index contributed by atoms with van der Waals surface area (Å²) in [4.78, 5) is 24.7. The smallest absolute Gasteiger partial charge is 0.267 e. The second-order valence-electron chi connectivity index (χ2n) is 6.30. The van der Waals surface area contributed by atoms with Crippen molar-refractivity contribution in [2.24, 2.45) is 5.73 Å². The van der Waals surface area contributed by atoms with Crippen LogP contribution in [0.2, 0.25) is 0 Å². The number of rotatable bonds is 7. The second-order valence-corrected chi connectivity index (χ2v) is 7.19. The summed E-state index contributed by atoms with van der Waals surface area (Å²) < 4.78 is 5.61. The van der Waals surface area contributed by atoms with Crippen LogP contribution in [-0.2, 0) is 11.3 Å². The molecule has 0 spiro atoms. The number of ether oxygens (including phenoxy) is 1. The van der Waals surface area contributed by atoms with Gasteiger partial charge in [0.25, 0.3) is 5.91 Å². The Hall–Kier alpha value is -2.03. The molecule has 140 valence electrons. The number of nitrogens with zero attached hydrogens (tertiary/aromatic N) is 4. The monoisotopic (exact) mass is 375 g/mol. The fourth-order valence-electron chi connectivity index (χ4n) is 3.05. The molecule has 8 heteroatoms. The van der Waals surface area contributed by atoms with Gasteiger partial charge >= 0.3 is 0 Å². The van der Waals surface area contributed by atoms with E-state index in [1.807, 2.05) is 19.9 Å². The Morgan fingerprint density at radius 3 is 2.85 bits per heavy atom. The van der Waals surface area contributed by atoms with Crippen molar-refractivity contribution in [3.05, 3.63) is 40.1 Å². The summed E-state index contributed by atoms with van der Waals surface area (Å²) in [5, 5.41) is 3.16. The minimum atomic E-state index is -0.494. The molecule has 0 bridgehead atoms. The van der Waals surface area contributed by atoms with Crippen LogP contribution in [0, 0.1) is 0 Å². The SMILES string of the molecule is CCOC(C)c1nc(CN2CCN(c3ccnc(C(N)=O)c3)CC2)cs1. The molecule has 1 fully saturated rings. The van der Waals surface area contributed by atoms with Crippen LogP contribution in [0.5, 0.6) is 0 Å². The second kappa shape index (κ2) is 8.57. The van der Waals surface area contributed by atoms with Gasteiger partial charge in [0, 0.05) is 56.6 Å². The molecule has 1 aliphatic rings. The van der Waals surface area contributed by atoms with E-state index in [0.717, 1.165) is 49.1 Å². The number of aromatic nitrogens is 2. The molecule has 0 saturated carbocycles. The number of anilines is 1. The number of carbonyl (C=O) groups is 1. The van der Waals surface area contributed by atoms with Crippen molar-refractivity contribution in [1.29, 1.82) is 0 Å². The van der Waals surface area contributed by atoms with Crippen LogP contribution in [0.3, 0.4) is 0 Å². The van der Waals surface area contributed by atoms with E-state index in [1.54, 1.807) is 23.6 Å². The first-order valence-electron chi connectivity index (χ1n) is 8.86. The lowest BCUT2D eigenvalue weighted by atomic mass is 10.2. The maximum absolute atomic E-state index is 11.3. The van der Waals surface area contributed by atoms with E-state index < -0.39 is 5.91 Å². The Balaban J connectivity index is 1.54. The zero-order valence-electron chi connectivity index (χ0n) is 15.2. The van der Waals surface area contributed by atoms with Gasteiger partial charge in [-0.2, -0.15) is 0 Å². The molecule has 3 rings (SSSR count). The Labute approximate surface area is 157 Å². The van der Waals surface area contributed by atoms with Gasteiger partial charge < -0.3 is 15.4 Å². The third-order valence-corrected chi connectivity index (χ3v) is 5.51. The Kier molecular flexibility index (Phi) is 6.18. The number of piperazine rings is 1. The first-order chi connectivity index (χ1) is 12.6. The largest absolute Gasteiger partial charge is 0.372 e. The molecule has 2 N–H and O–H groups in total. The highest BCUT2D eigenvalue weighted by Crippen LogP contribution is 2.23. The van der Waals surface area contributed by atoms with E-state index in [-0.39, 0.29) is 6.10 Å². The zero-order valence-corrected chi connectivity index (χ0v) is 16.0. The normalized spacial score (nSPS) is 16.6. The first kappa shape index (κ1) is 18.8. The lowest BCUT2D eigenvalue weighted by molar-refractivity contribution is 0.0760. The topological polar surface area (TPSA) is 84.6 Å². The van der Waals surface area contributed by atoms with E-state index in [1.165, 1.54) is 0 Å². The van der Waals surface area contributed by atoms with Gasteiger partial charge in [0.05, 0.1) is 5.69 Å². The van der Waals surface area contributed by atoms with Gasteiger partial charge in [0.1, 0.15) is 16.8 Å². The number of nitrogens with two attached hydrogens (primary N) is 1. The summed E-state index contributed by atoms with van der Waals surface area (Å²) in [5.41, 5.74) is 7.72. The Bertz CT molecular complexity index is 743. The molecule has 1 saturated heterocycles. The fourth-order valence-corrected chi connectivity index (χ4v) is 3.86. The van der Waals surface area contributed by atoms with Crippen molar-refractivity contribution in [3.63, 3.8) is 0 Å². The quantitative estimate of drug-likeness (QED) is 0.797. The summed E-state index contributed by atoms with van der Waals surface area (Å²) >= 11 is 1.66. The van der Waals surface area contributed by atoms with Gasteiger partial charge in [0.15, 0.2) is 0 Å². The summed E-state index contributed by atoms with van der Waals surface area (Å²) in [6, 6.07) is 3.68. The summed E-state index contributed by atoms with van der Waals surface area (Å²) in [6.45, 7) is 9.28. The van der Waals surface area contributed by atoms with Crippen LogP contribution in [0.4, 0.5) is 5.69 Å². The minimum Gasteiger partial charge on any atom is -0.372 e. The minimum absolute atomic E-state index is 0.0572.